The van der Waals surface area contributed by atoms with Crippen molar-refractivity contribution in [2.45, 2.75) is 37.8 Å². The maximum Gasteiger partial charge on any atom is 0.409 e. The summed E-state index contributed by atoms with van der Waals surface area (Å²) in [5.74, 6) is -8.48. The number of piperidine rings is 2. The molecule has 4 rings (SSSR count). The number of halogens is 6. The van der Waals surface area contributed by atoms with Crippen LogP contribution in [0.1, 0.15) is 48.9 Å². The van der Waals surface area contributed by atoms with E-state index in [-0.39, 0.29) is 36.0 Å². The average Bonchev–Trinajstić information content (AvgIpc) is 2.99. The fourth-order valence-corrected chi connectivity index (χ4v) is 5.11. The molecule has 230 valence electrons. The molecule has 4 unspecified atom stereocenters. The van der Waals surface area contributed by atoms with Crippen molar-refractivity contribution >= 4 is 18.0 Å². The number of nitrogens with one attached hydrogen (secondary N) is 1. The van der Waals surface area contributed by atoms with Gasteiger partial charge in [-0.3, -0.25) is 9.59 Å². The second-order valence-electron chi connectivity index (χ2n) is 9.75. The van der Waals surface area contributed by atoms with Crippen molar-refractivity contribution in [2.75, 3.05) is 34.4 Å². The third-order valence-electron chi connectivity index (χ3n) is 7.30. The predicted molar refractivity (Wildman–Crippen MR) is 135 cm³/mol. The lowest BCUT2D eigenvalue weighted by molar-refractivity contribution is -0.148. The molecule has 0 aliphatic carbocycles. The van der Waals surface area contributed by atoms with Crippen LogP contribution in [-0.4, -0.2) is 57.4 Å². The van der Waals surface area contributed by atoms with Gasteiger partial charge in [0.1, 0.15) is 11.6 Å². The lowest BCUT2D eigenvalue weighted by Crippen LogP contribution is -2.43. The van der Waals surface area contributed by atoms with Crippen molar-refractivity contribution in [1.29, 1.82) is 0 Å². The van der Waals surface area contributed by atoms with Gasteiger partial charge in [-0.1, -0.05) is 0 Å². The van der Waals surface area contributed by atoms with Gasteiger partial charge < -0.3 is 24.4 Å². The summed E-state index contributed by atoms with van der Waals surface area (Å²) in [6.07, 6.45) is 0.485. The van der Waals surface area contributed by atoms with Crippen LogP contribution in [-0.2, 0) is 23.8 Å². The van der Waals surface area contributed by atoms with Crippen LogP contribution in [0, 0.1) is 46.7 Å². The van der Waals surface area contributed by atoms with Gasteiger partial charge in [0.15, 0.2) is 23.3 Å². The zero-order valence-electron chi connectivity index (χ0n) is 23.0. The molecule has 0 aromatic heterocycles. The summed E-state index contributed by atoms with van der Waals surface area (Å²) in [6, 6.07) is 1.01. The van der Waals surface area contributed by atoms with E-state index in [0.717, 1.165) is 13.2 Å². The molecular weight excluding hydrogens is 574 g/mol. The number of amides is 1. The van der Waals surface area contributed by atoms with Gasteiger partial charge in [-0.2, -0.15) is 0 Å². The van der Waals surface area contributed by atoms with Crippen LogP contribution in [0.15, 0.2) is 24.3 Å². The highest BCUT2D eigenvalue weighted by molar-refractivity contribution is 5.74. The highest BCUT2D eigenvalue weighted by Gasteiger charge is 2.38. The molecule has 8 nitrogen and oxygen atoms in total. The molecule has 2 fully saturated rings. The summed E-state index contributed by atoms with van der Waals surface area (Å²) in [5, 5.41) is 2.99. The molecule has 2 saturated heterocycles. The summed E-state index contributed by atoms with van der Waals surface area (Å²) in [7, 11) is 3.67. The molecular formula is C28H30F6N2O6. The quantitative estimate of drug-likeness (QED) is 0.224. The number of likely N-dealkylation sites (tertiary alicyclic amines) is 1. The van der Waals surface area contributed by atoms with E-state index in [1.165, 1.54) is 19.1 Å². The Morgan fingerprint density at radius 3 is 1.74 bits per heavy atom. The maximum atomic E-state index is 14.1. The van der Waals surface area contributed by atoms with Crippen molar-refractivity contribution in [1.82, 2.24) is 10.2 Å². The highest BCUT2D eigenvalue weighted by atomic mass is 19.2. The van der Waals surface area contributed by atoms with Gasteiger partial charge in [0.05, 0.1) is 39.2 Å². The minimum atomic E-state index is -1.32. The first-order valence-corrected chi connectivity index (χ1v) is 12.9. The lowest BCUT2D eigenvalue weighted by atomic mass is 9.87. The molecule has 2 aromatic carbocycles. The molecule has 0 bridgehead atoms. The van der Waals surface area contributed by atoms with Crippen LogP contribution in [0.2, 0.25) is 0 Å². The fraction of sp³-hybridized carbons (Fsp3) is 0.464. The van der Waals surface area contributed by atoms with Gasteiger partial charge in [-0.15, -0.1) is 0 Å². The van der Waals surface area contributed by atoms with Crippen LogP contribution >= 0.6 is 0 Å². The predicted octanol–water partition coefficient (Wildman–Crippen LogP) is 5.11. The molecule has 2 aliphatic heterocycles. The standard InChI is InChI=1S/C15H16F3NO4.C13H14F3NO2/c1-22-14(20)8-3-4-19(15(21)23-2)13(5-8)9-6-11(17)12(18)7-10(9)16;1-19-13(18)7-2-3-17-12(4-7)8-5-10(15)11(16)6-9(8)14/h6-8,13H,3-5H2,1-2H3;5-7,12,17H,2-4H2,1H3. The van der Waals surface area contributed by atoms with Crippen LogP contribution in [0.25, 0.3) is 0 Å². The van der Waals surface area contributed by atoms with Crippen LogP contribution in [0.5, 0.6) is 0 Å². The minimum Gasteiger partial charge on any atom is -0.469 e. The molecule has 2 aliphatic rings. The molecule has 4 atom stereocenters. The SMILES string of the molecule is COC(=O)C1CCN(C(=O)OC)C(c2cc(F)c(F)cc2F)C1.COC(=O)C1CCNC(c2cc(F)c(F)cc2F)C1. The smallest absolute Gasteiger partial charge is 0.409 e. The van der Waals surface area contributed by atoms with Crippen molar-refractivity contribution < 1.29 is 54.9 Å². The highest BCUT2D eigenvalue weighted by Crippen LogP contribution is 2.37. The van der Waals surface area contributed by atoms with Gasteiger partial charge in [-0.25, -0.2) is 31.1 Å². The Morgan fingerprint density at radius 2 is 1.19 bits per heavy atom. The minimum absolute atomic E-state index is 0.0315. The average molecular weight is 605 g/mol. The summed E-state index contributed by atoms with van der Waals surface area (Å²) in [4.78, 5) is 36.2. The molecule has 2 aromatic rings. The van der Waals surface area contributed by atoms with E-state index < -0.39 is 65.0 Å². The van der Waals surface area contributed by atoms with E-state index in [1.54, 1.807) is 0 Å². The third kappa shape index (κ3) is 7.52. The number of hydrogen-bond donors (Lipinski definition) is 1. The van der Waals surface area contributed by atoms with Crippen LogP contribution in [0.4, 0.5) is 31.1 Å². The Morgan fingerprint density at radius 1 is 0.690 bits per heavy atom. The molecule has 14 heteroatoms. The zero-order valence-corrected chi connectivity index (χ0v) is 23.0. The van der Waals surface area contributed by atoms with E-state index >= 15 is 0 Å². The van der Waals surface area contributed by atoms with Gasteiger partial charge in [0, 0.05) is 35.8 Å². The van der Waals surface area contributed by atoms with Crippen molar-refractivity contribution in [2.24, 2.45) is 11.8 Å². The monoisotopic (exact) mass is 604 g/mol. The first-order chi connectivity index (χ1) is 19.9. The van der Waals surface area contributed by atoms with Crippen LogP contribution < -0.4 is 5.32 Å². The molecule has 0 radical (unpaired) electrons. The first kappa shape index (κ1) is 32.7. The number of ether oxygens (including phenoxy) is 3. The topological polar surface area (TPSA) is 94.2 Å². The van der Waals surface area contributed by atoms with E-state index in [9.17, 15) is 40.7 Å². The Labute approximate surface area is 237 Å². The number of rotatable bonds is 4. The van der Waals surface area contributed by atoms with Gasteiger partial charge in [0.2, 0.25) is 0 Å². The molecule has 42 heavy (non-hydrogen) atoms. The van der Waals surface area contributed by atoms with E-state index in [0.29, 0.717) is 44.0 Å². The number of benzene rings is 2. The van der Waals surface area contributed by atoms with E-state index in [2.05, 4.69) is 19.5 Å². The maximum absolute atomic E-state index is 14.1. The molecule has 0 spiro atoms. The number of carbonyl (C=O) groups excluding carboxylic acids is 3. The molecule has 1 amide bonds. The second kappa shape index (κ2) is 14.4. The summed E-state index contributed by atoms with van der Waals surface area (Å²) in [6.45, 7) is 0.596. The lowest BCUT2D eigenvalue weighted by Gasteiger charge is -2.37. The summed E-state index contributed by atoms with van der Waals surface area (Å²) >= 11 is 0. The second-order valence-corrected chi connectivity index (χ2v) is 9.75. The number of esters is 2. The van der Waals surface area contributed by atoms with Crippen LogP contribution in [0.3, 0.4) is 0 Å². The summed E-state index contributed by atoms with van der Waals surface area (Å²) in [5.41, 5.74) is -0.171. The number of carbonyl (C=O) groups is 3. The Hall–Kier alpha value is -3.81. The number of methoxy groups -OCH3 is 3. The Kier molecular flexibility index (Phi) is 11.2. The van der Waals surface area contributed by atoms with Crippen molar-refractivity contribution in [3.8, 4) is 0 Å². The number of hydrogen-bond acceptors (Lipinski definition) is 7. The normalized spacial score (nSPS) is 22.0. The number of nitrogens with zero attached hydrogens (tertiary/aromatic N) is 1. The Balaban J connectivity index is 0.000000235. The van der Waals surface area contributed by atoms with Crippen molar-refractivity contribution in [3.05, 3.63) is 70.3 Å². The fourth-order valence-electron chi connectivity index (χ4n) is 5.11. The van der Waals surface area contributed by atoms with Crippen molar-refractivity contribution in [3.63, 3.8) is 0 Å². The largest absolute Gasteiger partial charge is 0.469 e. The molecule has 1 N–H and O–H groups in total. The Bertz CT molecular complexity index is 1310. The first-order valence-electron chi connectivity index (χ1n) is 12.9. The van der Waals surface area contributed by atoms with E-state index in [1.807, 2.05) is 0 Å². The third-order valence-corrected chi connectivity index (χ3v) is 7.30. The molecule has 2 heterocycles. The van der Waals surface area contributed by atoms with Gasteiger partial charge >= 0.3 is 18.0 Å². The summed E-state index contributed by atoms with van der Waals surface area (Å²) < 4.78 is 94.3. The van der Waals surface area contributed by atoms with Gasteiger partial charge in [-0.05, 0) is 44.4 Å². The molecule has 0 saturated carbocycles. The van der Waals surface area contributed by atoms with E-state index in [4.69, 9.17) is 0 Å². The van der Waals surface area contributed by atoms with Gasteiger partial charge in [0.25, 0.3) is 0 Å². The zero-order chi connectivity index (χ0) is 31.1.